The van der Waals surface area contributed by atoms with Crippen molar-refractivity contribution in [3.8, 4) is 11.5 Å². The molecule has 4 nitrogen and oxygen atoms in total. The number of rotatable bonds is 12. The van der Waals surface area contributed by atoms with Gasteiger partial charge < -0.3 is 18.3 Å². The number of hydrogen-bond donors (Lipinski definition) is 0. The maximum absolute atomic E-state index is 5.74. The van der Waals surface area contributed by atoms with Gasteiger partial charge in [0, 0.05) is 12.8 Å². The molecule has 0 aromatic heterocycles. The first-order valence-electron chi connectivity index (χ1n) is 8.39. The van der Waals surface area contributed by atoms with Gasteiger partial charge >= 0.3 is 0 Å². The molecular weight excluding hydrogens is 354 g/mol. The fourth-order valence-corrected chi connectivity index (χ4v) is 3.23. The van der Waals surface area contributed by atoms with E-state index in [0.29, 0.717) is 27.9 Å². The maximum atomic E-state index is 5.74. The van der Waals surface area contributed by atoms with Gasteiger partial charge in [-0.1, -0.05) is 43.3 Å². The van der Waals surface area contributed by atoms with Gasteiger partial charge in [-0.2, -0.15) is 0 Å². The molecule has 0 heterocycles. The van der Waals surface area contributed by atoms with Gasteiger partial charge in [-0.15, -0.1) is 0 Å². The second kappa shape index (κ2) is 12.2. The predicted molar refractivity (Wildman–Crippen MR) is 106 cm³/mol. The zero-order valence-corrected chi connectivity index (χ0v) is 16.7. The Morgan fingerprint density at radius 2 is 1.40 bits per heavy atom. The van der Waals surface area contributed by atoms with Crippen molar-refractivity contribution in [2.45, 2.75) is 20.0 Å². The quantitative estimate of drug-likeness (QED) is 0.468. The SMILES string of the molecule is CC(COCC(C)OPOc1ccccc1)CPOc1ccccc1. The summed E-state index contributed by atoms with van der Waals surface area (Å²) < 4.78 is 22.6. The molecule has 4 atom stereocenters. The van der Waals surface area contributed by atoms with E-state index in [9.17, 15) is 0 Å². The third-order valence-corrected chi connectivity index (χ3v) is 5.33. The van der Waals surface area contributed by atoms with Gasteiger partial charge in [-0.25, -0.2) is 0 Å². The van der Waals surface area contributed by atoms with Crippen LogP contribution in [0.25, 0.3) is 0 Å². The standard InChI is InChI=1S/C19H26O4P2/c1-16(15-24-22-18-9-5-3-6-10-18)13-20-14-17(2)21-25-23-19-11-7-4-8-12-19/h3-12,16-17,24-25H,13-15H2,1-2H3. The largest absolute Gasteiger partial charge is 0.477 e. The fraction of sp³-hybridized carbons (Fsp3) is 0.368. The molecule has 6 heteroatoms. The van der Waals surface area contributed by atoms with Crippen LogP contribution in [-0.4, -0.2) is 25.5 Å². The monoisotopic (exact) mass is 380 g/mol. The highest BCUT2D eigenvalue weighted by molar-refractivity contribution is 7.32. The van der Waals surface area contributed by atoms with E-state index >= 15 is 0 Å². The molecule has 4 unspecified atom stereocenters. The van der Waals surface area contributed by atoms with Crippen LogP contribution in [0.3, 0.4) is 0 Å². The summed E-state index contributed by atoms with van der Waals surface area (Å²) in [5, 5.41) is 0. The molecule has 136 valence electrons. The fourth-order valence-electron chi connectivity index (χ4n) is 1.93. The zero-order chi connectivity index (χ0) is 17.7. The van der Waals surface area contributed by atoms with Crippen LogP contribution < -0.4 is 9.05 Å². The third kappa shape index (κ3) is 9.18. The summed E-state index contributed by atoms with van der Waals surface area (Å²) in [5.41, 5.74) is 0. The number of para-hydroxylation sites is 2. The molecule has 2 aromatic rings. The Hall–Kier alpha value is -1.18. The molecule has 0 amide bonds. The molecule has 2 rings (SSSR count). The van der Waals surface area contributed by atoms with E-state index in [-0.39, 0.29) is 15.1 Å². The zero-order valence-electron chi connectivity index (χ0n) is 14.7. The second-order valence-corrected chi connectivity index (χ2v) is 7.34. The van der Waals surface area contributed by atoms with Crippen LogP contribution in [0.15, 0.2) is 60.7 Å². The van der Waals surface area contributed by atoms with Crippen LogP contribution in [0.1, 0.15) is 13.8 Å². The average Bonchev–Trinajstić information content (AvgIpc) is 2.63. The lowest BCUT2D eigenvalue weighted by molar-refractivity contribution is 0.0493. The van der Waals surface area contributed by atoms with E-state index in [4.69, 9.17) is 18.3 Å². The Bertz CT molecular complexity index is 517. The Balaban J connectivity index is 1.48. The summed E-state index contributed by atoms with van der Waals surface area (Å²) in [7, 11) is 0.431. The minimum Gasteiger partial charge on any atom is -0.477 e. The molecule has 0 saturated heterocycles. The van der Waals surface area contributed by atoms with Crippen LogP contribution in [-0.2, 0) is 9.26 Å². The first kappa shape index (κ1) is 20.1. The van der Waals surface area contributed by atoms with E-state index in [2.05, 4.69) is 6.92 Å². The number of ether oxygens (including phenoxy) is 1. The molecule has 0 aliphatic heterocycles. The van der Waals surface area contributed by atoms with Gasteiger partial charge in [0.1, 0.15) is 11.5 Å². The molecular formula is C19H26O4P2. The number of hydrogen-bond acceptors (Lipinski definition) is 4. The van der Waals surface area contributed by atoms with Crippen molar-refractivity contribution in [1.29, 1.82) is 0 Å². The van der Waals surface area contributed by atoms with E-state index in [0.717, 1.165) is 17.7 Å². The summed E-state index contributed by atoms with van der Waals surface area (Å²) in [6, 6.07) is 19.6. The summed E-state index contributed by atoms with van der Waals surface area (Å²) in [5.74, 6) is 2.20. The topological polar surface area (TPSA) is 36.9 Å². The third-order valence-electron chi connectivity index (χ3n) is 3.27. The Morgan fingerprint density at radius 1 is 0.800 bits per heavy atom. The first-order chi connectivity index (χ1) is 12.2. The lowest BCUT2D eigenvalue weighted by Crippen LogP contribution is -2.17. The van der Waals surface area contributed by atoms with Crippen LogP contribution in [0, 0.1) is 5.92 Å². The van der Waals surface area contributed by atoms with Crippen LogP contribution >= 0.6 is 17.8 Å². The minimum absolute atomic E-state index is 0.0114. The van der Waals surface area contributed by atoms with Gasteiger partial charge in [-0.05, 0) is 37.1 Å². The van der Waals surface area contributed by atoms with Crippen molar-refractivity contribution in [3.63, 3.8) is 0 Å². The highest BCUT2D eigenvalue weighted by Crippen LogP contribution is 2.24. The van der Waals surface area contributed by atoms with Crippen molar-refractivity contribution in [2.24, 2.45) is 5.92 Å². The smallest absolute Gasteiger partial charge is 0.215 e. The summed E-state index contributed by atoms with van der Waals surface area (Å²) in [6.07, 6.45) is 1.00. The molecule has 0 N–H and O–H groups in total. The van der Waals surface area contributed by atoms with Crippen molar-refractivity contribution in [1.82, 2.24) is 0 Å². The summed E-state index contributed by atoms with van der Waals surface area (Å²) >= 11 is 0. The lowest BCUT2D eigenvalue weighted by Gasteiger charge is -2.16. The maximum Gasteiger partial charge on any atom is 0.215 e. The normalized spacial score (nSPS) is 14.2. The Labute approximate surface area is 154 Å². The van der Waals surface area contributed by atoms with Gasteiger partial charge in [0.15, 0.2) is 0 Å². The van der Waals surface area contributed by atoms with Crippen molar-refractivity contribution < 1.29 is 18.3 Å². The molecule has 0 radical (unpaired) electrons. The van der Waals surface area contributed by atoms with Crippen molar-refractivity contribution in [3.05, 3.63) is 60.7 Å². The van der Waals surface area contributed by atoms with Gasteiger partial charge in [0.05, 0.1) is 21.5 Å². The van der Waals surface area contributed by atoms with Gasteiger partial charge in [0.25, 0.3) is 0 Å². The van der Waals surface area contributed by atoms with Crippen LogP contribution in [0.5, 0.6) is 11.5 Å². The highest BCUT2D eigenvalue weighted by Gasteiger charge is 2.07. The van der Waals surface area contributed by atoms with Gasteiger partial charge in [-0.3, -0.25) is 0 Å². The highest BCUT2D eigenvalue weighted by atomic mass is 31.1. The minimum atomic E-state index is -0.0187. The Kier molecular flexibility index (Phi) is 9.84. The molecule has 0 bridgehead atoms. The second-order valence-electron chi connectivity index (χ2n) is 5.83. The van der Waals surface area contributed by atoms with E-state index in [1.54, 1.807) is 0 Å². The first-order valence-corrected chi connectivity index (χ1v) is 10.3. The van der Waals surface area contributed by atoms with E-state index in [1.807, 2.05) is 67.6 Å². The Morgan fingerprint density at radius 3 is 2.04 bits per heavy atom. The molecule has 2 aromatic carbocycles. The van der Waals surface area contributed by atoms with Crippen LogP contribution in [0.4, 0.5) is 0 Å². The van der Waals surface area contributed by atoms with E-state index < -0.39 is 0 Å². The molecule has 0 fully saturated rings. The van der Waals surface area contributed by atoms with Crippen molar-refractivity contribution in [2.75, 3.05) is 19.4 Å². The molecule has 0 spiro atoms. The molecule has 0 saturated carbocycles. The summed E-state index contributed by atoms with van der Waals surface area (Å²) in [4.78, 5) is 0. The van der Waals surface area contributed by atoms with Crippen molar-refractivity contribution >= 4 is 17.8 Å². The predicted octanol–water partition coefficient (Wildman–Crippen LogP) is 5.30. The number of benzene rings is 2. The molecule has 0 aliphatic carbocycles. The van der Waals surface area contributed by atoms with E-state index in [1.165, 1.54) is 0 Å². The molecule has 0 aliphatic rings. The molecule has 25 heavy (non-hydrogen) atoms. The lowest BCUT2D eigenvalue weighted by atomic mass is 10.2. The summed E-state index contributed by atoms with van der Waals surface area (Å²) in [6.45, 7) is 5.44. The van der Waals surface area contributed by atoms with Crippen LogP contribution in [0.2, 0.25) is 0 Å². The average molecular weight is 380 g/mol. The van der Waals surface area contributed by atoms with Gasteiger partial charge in [0.2, 0.25) is 9.03 Å².